The molecule has 0 heterocycles. The normalized spacial score (nSPS) is 11.8. The van der Waals surface area contributed by atoms with Crippen LogP contribution in [0.3, 0.4) is 0 Å². The molecular weight excluding hydrogens is 357 g/mol. The van der Waals surface area contributed by atoms with Crippen LogP contribution in [-0.2, 0) is 22.2 Å². The first-order valence-electron chi connectivity index (χ1n) is 8.43. The molecule has 0 atom stereocenters. The van der Waals surface area contributed by atoms with Crippen molar-refractivity contribution in [3.63, 3.8) is 0 Å². The van der Waals surface area contributed by atoms with Crippen molar-refractivity contribution >= 4 is 23.2 Å². The average molecular weight is 378 g/mol. The Kier molecular flexibility index (Phi) is 5.93. The Labute approximate surface area is 155 Å². The van der Waals surface area contributed by atoms with Crippen molar-refractivity contribution in [2.24, 2.45) is 5.41 Å². The van der Waals surface area contributed by atoms with Crippen molar-refractivity contribution in [1.29, 1.82) is 0 Å². The van der Waals surface area contributed by atoms with Crippen molar-refractivity contribution in [3.8, 4) is 0 Å². The minimum Gasteiger partial charge on any atom is -0.325 e. The standard InChI is InChI=1S/C20H21F3N2O2/c1-4-13-5-9-15(10-6-13)24-17(26)19(2,3)18(27)25-16-11-7-14(8-12-16)20(21,22)23/h5-12H,4H2,1-3H3,(H,24,26)(H,25,27). The van der Waals surface area contributed by atoms with Crippen LogP contribution in [0.2, 0.25) is 0 Å². The molecular formula is C20H21F3N2O2. The van der Waals surface area contributed by atoms with Crippen LogP contribution in [0.5, 0.6) is 0 Å². The predicted molar refractivity (Wildman–Crippen MR) is 98.3 cm³/mol. The first kappa shape index (κ1) is 20.5. The van der Waals surface area contributed by atoms with Gasteiger partial charge in [0.25, 0.3) is 0 Å². The van der Waals surface area contributed by atoms with Gasteiger partial charge in [0.05, 0.1) is 5.56 Å². The first-order chi connectivity index (χ1) is 12.5. The second-order valence-electron chi connectivity index (χ2n) is 6.66. The predicted octanol–water partition coefficient (Wildman–Crippen LogP) is 4.87. The summed E-state index contributed by atoms with van der Waals surface area (Å²) in [5.41, 5.74) is -0.374. The molecule has 0 bridgehead atoms. The van der Waals surface area contributed by atoms with Crippen LogP contribution in [0.1, 0.15) is 31.9 Å². The third-order valence-corrected chi connectivity index (χ3v) is 4.23. The molecule has 2 aromatic carbocycles. The summed E-state index contributed by atoms with van der Waals surface area (Å²) in [6.07, 6.45) is -3.58. The number of aryl methyl sites for hydroxylation is 1. The van der Waals surface area contributed by atoms with Crippen LogP contribution in [0.4, 0.5) is 24.5 Å². The minimum absolute atomic E-state index is 0.182. The highest BCUT2D eigenvalue weighted by molar-refractivity contribution is 6.13. The molecule has 4 nitrogen and oxygen atoms in total. The van der Waals surface area contributed by atoms with Crippen LogP contribution < -0.4 is 10.6 Å². The van der Waals surface area contributed by atoms with Gasteiger partial charge < -0.3 is 10.6 Å². The van der Waals surface area contributed by atoms with Gasteiger partial charge >= 0.3 is 6.18 Å². The second-order valence-corrected chi connectivity index (χ2v) is 6.66. The Bertz CT molecular complexity index is 811. The summed E-state index contributed by atoms with van der Waals surface area (Å²) in [4.78, 5) is 24.9. The van der Waals surface area contributed by atoms with Crippen molar-refractivity contribution in [2.75, 3.05) is 10.6 Å². The Hall–Kier alpha value is -2.83. The summed E-state index contributed by atoms with van der Waals surface area (Å²) in [6.45, 7) is 4.91. The van der Waals surface area contributed by atoms with Gasteiger partial charge in [-0.3, -0.25) is 9.59 Å². The number of amides is 2. The molecule has 0 aliphatic carbocycles. The number of rotatable bonds is 5. The molecule has 0 aliphatic heterocycles. The first-order valence-corrected chi connectivity index (χ1v) is 8.43. The number of alkyl halides is 3. The zero-order valence-corrected chi connectivity index (χ0v) is 15.3. The van der Waals surface area contributed by atoms with Crippen LogP contribution in [0.15, 0.2) is 48.5 Å². The van der Waals surface area contributed by atoms with Crippen LogP contribution in [0.25, 0.3) is 0 Å². The summed E-state index contributed by atoms with van der Waals surface area (Å²) in [5, 5.41) is 5.16. The van der Waals surface area contributed by atoms with E-state index in [0.717, 1.165) is 36.2 Å². The van der Waals surface area contributed by atoms with Gasteiger partial charge in [-0.05, 0) is 62.2 Å². The van der Waals surface area contributed by atoms with Gasteiger partial charge in [-0.1, -0.05) is 19.1 Å². The van der Waals surface area contributed by atoms with Gasteiger partial charge in [-0.2, -0.15) is 13.2 Å². The largest absolute Gasteiger partial charge is 0.416 e. The summed E-state index contributed by atoms with van der Waals surface area (Å²) in [5.74, 6) is -1.14. The number of carbonyl (C=O) groups is 2. The van der Waals surface area contributed by atoms with Crippen molar-refractivity contribution < 1.29 is 22.8 Å². The molecule has 2 amide bonds. The molecule has 0 aromatic heterocycles. The highest BCUT2D eigenvalue weighted by atomic mass is 19.4. The number of hydrogen-bond acceptors (Lipinski definition) is 2. The molecule has 144 valence electrons. The fourth-order valence-corrected chi connectivity index (χ4v) is 2.24. The fraction of sp³-hybridized carbons (Fsp3) is 0.300. The van der Waals surface area contributed by atoms with E-state index in [1.807, 2.05) is 19.1 Å². The van der Waals surface area contributed by atoms with E-state index in [1.165, 1.54) is 13.8 Å². The van der Waals surface area contributed by atoms with Crippen LogP contribution in [0, 0.1) is 5.41 Å². The topological polar surface area (TPSA) is 58.2 Å². The maximum atomic E-state index is 12.6. The van der Waals surface area contributed by atoms with Gasteiger partial charge in [0.1, 0.15) is 5.41 Å². The van der Waals surface area contributed by atoms with E-state index < -0.39 is 29.0 Å². The summed E-state index contributed by atoms with van der Waals surface area (Å²) in [7, 11) is 0. The Morgan fingerprint density at radius 2 is 1.22 bits per heavy atom. The van der Waals surface area contributed by atoms with Crippen molar-refractivity contribution in [2.45, 2.75) is 33.4 Å². The summed E-state index contributed by atoms with van der Waals surface area (Å²) in [6, 6.07) is 11.3. The zero-order chi connectivity index (χ0) is 20.2. The minimum atomic E-state index is -4.45. The maximum Gasteiger partial charge on any atom is 0.416 e. The van der Waals surface area contributed by atoms with E-state index in [4.69, 9.17) is 0 Å². The van der Waals surface area contributed by atoms with E-state index in [2.05, 4.69) is 10.6 Å². The third-order valence-electron chi connectivity index (χ3n) is 4.23. The van der Waals surface area contributed by atoms with E-state index in [1.54, 1.807) is 12.1 Å². The van der Waals surface area contributed by atoms with Gasteiger partial charge in [0.15, 0.2) is 0 Å². The number of hydrogen-bond donors (Lipinski definition) is 2. The summed E-state index contributed by atoms with van der Waals surface area (Å²) < 4.78 is 37.8. The van der Waals surface area contributed by atoms with E-state index in [0.29, 0.717) is 5.69 Å². The van der Waals surface area contributed by atoms with E-state index in [-0.39, 0.29) is 5.69 Å². The summed E-state index contributed by atoms with van der Waals surface area (Å²) >= 11 is 0. The Morgan fingerprint density at radius 3 is 1.59 bits per heavy atom. The molecule has 0 unspecified atom stereocenters. The van der Waals surface area contributed by atoms with Gasteiger partial charge in [-0.15, -0.1) is 0 Å². The molecule has 27 heavy (non-hydrogen) atoms. The zero-order valence-electron chi connectivity index (χ0n) is 15.3. The number of halogens is 3. The molecule has 0 fully saturated rings. The monoisotopic (exact) mass is 378 g/mol. The Morgan fingerprint density at radius 1 is 0.815 bits per heavy atom. The molecule has 2 N–H and O–H groups in total. The SMILES string of the molecule is CCc1ccc(NC(=O)C(C)(C)C(=O)Nc2ccc(C(F)(F)F)cc2)cc1. The van der Waals surface area contributed by atoms with E-state index in [9.17, 15) is 22.8 Å². The van der Waals surface area contributed by atoms with Crippen LogP contribution >= 0.6 is 0 Å². The smallest absolute Gasteiger partial charge is 0.325 e. The lowest BCUT2D eigenvalue weighted by Crippen LogP contribution is -2.41. The molecule has 0 saturated carbocycles. The highest BCUT2D eigenvalue weighted by Crippen LogP contribution is 2.30. The number of carbonyl (C=O) groups excluding carboxylic acids is 2. The van der Waals surface area contributed by atoms with Crippen LogP contribution in [-0.4, -0.2) is 11.8 Å². The Balaban J connectivity index is 2.05. The van der Waals surface area contributed by atoms with Crippen molar-refractivity contribution in [3.05, 3.63) is 59.7 Å². The van der Waals surface area contributed by atoms with E-state index >= 15 is 0 Å². The highest BCUT2D eigenvalue weighted by Gasteiger charge is 2.36. The van der Waals surface area contributed by atoms with Gasteiger partial charge in [0, 0.05) is 11.4 Å². The maximum absolute atomic E-state index is 12.6. The third kappa shape index (κ3) is 5.09. The molecule has 0 saturated heterocycles. The average Bonchev–Trinajstić information content (AvgIpc) is 2.62. The lowest BCUT2D eigenvalue weighted by atomic mass is 9.90. The second kappa shape index (κ2) is 7.82. The lowest BCUT2D eigenvalue weighted by molar-refractivity contribution is -0.137. The molecule has 0 radical (unpaired) electrons. The number of nitrogens with one attached hydrogen (secondary N) is 2. The fourth-order valence-electron chi connectivity index (χ4n) is 2.24. The lowest BCUT2D eigenvalue weighted by Gasteiger charge is -2.23. The molecule has 7 heteroatoms. The molecule has 0 aliphatic rings. The van der Waals surface area contributed by atoms with Crippen molar-refractivity contribution in [1.82, 2.24) is 0 Å². The number of anilines is 2. The van der Waals surface area contributed by atoms with Gasteiger partial charge in [0.2, 0.25) is 11.8 Å². The molecule has 2 rings (SSSR count). The molecule has 2 aromatic rings. The van der Waals surface area contributed by atoms with Gasteiger partial charge in [-0.25, -0.2) is 0 Å². The number of benzene rings is 2. The quantitative estimate of drug-likeness (QED) is 0.729. The molecule has 0 spiro atoms.